The number of hydrogen-bond donors (Lipinski definition) is 0. The largest absolute Gasteiger partial charge is 0.743 e. The summed E-state index contributed by atoms with van der Waals surface area (Å²) in [5.41, 5.74) is 4.22. The highest BCUT2D eigenvalue weighted by atomic mass is 127. The molecule has 0 saturated carbocycles. The summed E-state index contributed by atoms with van der Waals surface area (Å²) in [6.45, 7) is 6.69. The first-order chi connectivity index (χ1) is 31.6. The first-order valence-electron chi connectivity index (χ1n) is 18.3. The van der Waals surface area contributed by atoms with Crippen LogP contribution in [0.15, 0.2) is 146 Å². The van der Waals surface area contributed by atoms with E-state index < -0.39 is 66.8 Å². The molecule has 0 saturated heterocycles. The minimum Gasteiger partial charge on any atom is -0.743 e. The molecule has 0 radical (unpaired) electrons. The maximum absolute atomic E-state index is 12.2. The fourth-order valence-corrected chi connectivity index (χ4v) is 11.6. The van der Waals surface area contributed by atoms with E-state index in [-0.39, 0.29) is 32.1 Å². The molecule has 29 heteroatoms. The van der Waals surface area contributed by atoms with Crippen molar-refractivity contribution < 1.29 is 126 Å². The Morgan fingerprint density at radius 3 is 1.04 bits per heavy atom. The Kier molecular flexibility index (Phi) is 18.7. The predicted octanol–water partition coefficient (Wildman–Crippen LogP) is 9.90. The van der Waals surface area contributed by atoms with Gasteiger partial charge in [0.15, 0.2) is 42.1 Å². The van der Waals surface area contributed by atoms with Crippen molar-refractivity contribution in [1.29, 1.82) is 0 Å². The minimum absolute atomic E-state index is 0.103. The average Bonchev–Trinajstić information content (AvgIpc) is 3.23. The summed E-state index contributed by atoms with van der Waals surface area (Å²) in [6.07, 6.45) is -14.3. The van der Waals surface area contributed by atoms with Crippen LogP contribution in [0.3, 0.4) is 0 Å². The van der Waals surface area contributed by atoms with E-state index in [4.69, 9.17) is 0 Å². The molecular formula is C41H29F18IO6S4. The van der Waals surface area contributed by atoms with Gasteiger partial charge < -0.3 is 9.11 Å². The number of aryl methyl sites for hydroxylation is 3. The Bertz CT molecular complexity index is 2640. The molecule has 0 unspecified atom stereocenters. The van der Waals surface area contributed by atoms with Gasteiger partial charge in [-0.3, -0.25) is 0 Å². The summed E-state index contributed by atoms with van der Waals surface area (Å²) < 4.78 is 274. The first-order valence-corrected chi connectivity index (χ1v) is 25.3. The van der Waals surface area contributed by atoms with E-state index in [1.165, 1.54) is 44.7 Å². The maximum Gasteiger partial charge on any atom is 0.460 e. The van der Waals surface area contributed by atoms with Crippen molar-refractivity contribution in [3.63, 3.8) is 0 Å². The van der Waals surface area contributed by atoms with Gasteiger partial charge in [-0.15, -0.1) is 0 Å². The average molecular weight is 1210 g/mol. The zero-order chi connectivity index (χ0) is 53.9. The molecule has 5 aromatic carbocycles. The van der Waals surface area contributed by atoms with Crippen molar-refractivity contribution in [1.82, 2.24) is 0 Å². The lowest BCUT2D eigenvalue weighted by molar-refractivity contribution is -0.598. The molecule has 0 spiro atoms. The molecule has 6 nitrogen and oxygen atoms in total. The zero-order valence-electron chi connectivity index (χ0n) is 34.8. The Morgan fingerprint density at radius 2 is 0.743 bits per heavy atom. The third-order valence-corrected chi connectivity index (χ3v) is 17.3. The van der Waals surface area contributed by atoms with Crippen molar-refractivity contribution in [3.05, 3.63) is 145 Å². The van der Waals surface area contributed by atoms with Crippen LogP contribution in [0.1, 0.15) is 16.7 Å². The molecule has 0 amide bonds. The fourth-order valence-electron chi connectivity index (χ4n) is 5.32. The van der Waals surface area contributed by atoms with Crippen LogP contribution in [0, 0.1) is 27.9 Å². The lowest BCUT2D eigenvalue weighted by atomic mass is 10.1. The van der Waals surface area contributed by atoms with Gasteiger partial charge in [0.2, 0.25) is 0 Å². The van der Waals surface area contributed by atoms with E-state index in [9.17, 15) is 105 Å². The van der Waals surface area contributed by atoms with E-state index in [1.807, 2.05) is 11.8 Å². The topological polar surface area (TPSA) is 114 Å². The lowest BCUT2D eigenvalue weighted by Crippen LogP contribution is -3.62. The second kappa shape index (κ2) is 21.7. The van der Waals surface area contributed by atoms with Gasteiger partial charge in [0.25, 0.3) is 0 Å². The SMILES string of the molecule is Cc1cc(C)c([I+]c2ccc(Sc3ccc([S+](c4ccccc4)c4ccccc4)cc3)cc2)c(C)c1.O=S(=O)([O-])C(F)(F)C(F)(F)C(F)(F)C(F)(F)F.O=S(=O)([O-])C(F)(F)C(F)(F)C(F)(F)C(F)(F)F. The van der Waals surface area contributed by atoms with Crippen LogP contribution >= 0.6 is 11.8 Å². The smallest absolute Gasteiger partial charge is 0.460 e. The zero-order valence-corrected chi connectivity index (χ0v) is 40.2. The summed E-state index contributed by atoms with van der Waals surface area (Å²) in [6, 6.07) is 44.7. The molecule has 0 bridgehead atoms. The number of alkyl halides is 18. The van der Waals surface area contributed by atoms with Gasteiger partial charge in [-0.1, -0.05) is 65.9 Å². The van der Waals surface area contributed by atoms with Gasteiger partial charge in [0.1, 0.15) is 0 Å². The highest BCUT2D eigenvalue weighted by Crippen LogP contribution is 2.55. The van der Waals surface area contributed by atoms with Crippen molar-refractivity contribution in [2.75, 3.05) is 0 Å². The maximum atomic E-state index is 12.2. The molecule has 0 aliphatic heterocycles. The van der Waals surface area contributed by atoms with Crippen LogP contribution in [0.25, 0.3) is 0 Å². The van der Waals surface area contributed by atoms with Crippen molar-refractivity contribution >= 4 is 42.9 Å². The second-order valence-electron chi connectivity index (χ2n) is 14.0. The molecular weight excluding hydrogens is 1190 g/mol. The quantitative estimate of drug-likeness (QED) is 0.0499. The molecule has 386 valence electrons. The van der Waals surface area contributed by atoms with E-state index in [0.29, 0.717) is 0 Å². The summed E-state index contributed by atoms with van der Waals surface area (Å²) in [5, 5.41) is -14.2. The number of benzene rings is 5. The molecule has 0 heterocycles. The Balaban J connectivity index is 0.000000320. The van der Waals surface area contributed by atoms with Crippen LogP contribution in [-0.4, -0.2) is 72.5 Å². The molecule has 5 aromatic rings. The summed E-state index contributed by atoms with van der Waals surface area (Å²) in [7, 11) is -14.9. The standard InChI is InChI=1S/C33H29IS2.2C4HF9O3S/c1-24-22-25(2)33(26(3)23-24)34-27-14-16-28(17-15-27)35-29-18-20-32(21-19-29)36(30-10-6-4-7-11-30)31-12-8-5-9-13-31;2*5-1(6,3(9,10)11)2(7,8)4(12,13)17(14,15)16/h4-23H,1-3H3;2*(H,14,15,16)/q+2;;/p-2. The van der Waals surface area contributed by atoms with E-state index in [0.717, 1.165) is 0 Å². The van der Waals surface area contributed by atoms with Crippen LogP contribution in [0.5, 0.6) is 0 Å². The molecule has 0 aliphatic carbocycles. The van der Waals surface area contributed by atoms with Gasteiger partial charge in [0.05, 0.1) is 10.9 Å². The lowest BCUT2D eigenvalue weighted by Gasteiger charge is -2.34. The Morgan fingerprint density at radius 1 is 0.443 bits per heavy atom. The Labute approximate surface area is 404 Å². The van der Waals surface area contributed by atoms with Gasteiger partial charge in [-0.05, 0) is 93.6 Å². The number of rotatable bonds is 13. The summed E-state index contributed by atoms with van der Waals surface area (Å²) in [5.74, 6) is -29.6. The van der Waals surface area contributed by atoms with Gasteiger partial charge >= 0.3 is 67.8 Å². The first kappa shape index (κ1) is 60.4. The van der Waals surface area contributed by atoms with Crippen LogP contribution in [0.4, 0.5) is 79.0 Å². The summed E-state index contributed by atoms with van der Waals surface area (Å²) >= 11 is 1.67. The van der Waals surface area contributed by atoms with E-state index in [1.54, 1.807) is 3.57 Å². The molecule has 5 rings (SSSR count). The Hall–Kier alpha value is -3.91. The highest BCUT2D eigenvalue weighted by Gasteiger charge is 2.85. The highest BCUT2D eigenvalue weighted by molar-refractivity contribution is 7.99. The van der Waals surface area contributed by atoms with Crippen molar-refractivity contribution in [2.45, 2.75) is 91.8 Å². The normalized spacial score (nSPS) is 13.5. The fraction of sp³-hybridized carbons (Fsp3) is 0.268. The number of hydrogen-bond acceptors (Lipinski definition) is 7. The van der Waals surface area contributed by atoms with Crippen molar-refractivity contribution in [3.8, 4) is 0 Å². The van der Waals surface area contributed by atoms with Gasteiger partial charge in [-0.2, -0.15) is 79.0 Å². The molecule has 0 atom stereocenters. The van der Waals surface area contributed by atoms with Gasteiger partial charge in [0, 0.05) is 20.9 Å². The second-order valence-corrected chi connectivity index (χ2v) is 22.9. The summed E-state index contributed by atoms with van der Waals surface area (Å²) in [4.78, 5) is 6.61. The van der Waals surface area contributed by atoms with E-state index in [2.05, 4.69) is 142 Å². The van der Waals surface area contributed by atoms with Crippen molar-refractivity contribution in [2.24, 2.45) is 0 Å². The monoisotopic (exact) mass is 1210 g/mol. The number of halogens is 19. The molecule has 0 fully saturated rings. The predicted molar refractivity (Wildman–Crippen MR) is 211 cm³/mol. The minimum atomic E-state index is -7.43. The van der Waals surface area contributed by atoms with Crippen LogP contribution in [0.2, 0.25) is 0 Å². The third-order valence-electron chi connectivity index (χ3n) is 8.71. The molecule has 0 aromatic heterocycles. The van der Waals surface area contributed by atoms with Crippen LogP contribution in [-0.2, 0) is 31.1 Å². The van der Waals surface area contributed by atoms with E-state index >= 15 is 0 Å². The molecule has 0 aliphatic rings. The van der Waals surface area contributed by atoms with Crippen LogP contribution < -0.4 is 21.2 Å². The van der Waals surface area contributed by atoms with Gasteiger partial charge in [-0.25, -0.2) is 16.8 Å². The molecule has 0 N–H and O–H groups in total. The molecule has 70 heavy (non-hydrogen) atoms. The third kappa shape index (κ3) is 13.0.